The normalized spacial score (nSPS) is 28.9. The molecule has 10 heavy (non-hydrogen) atoms. The summed E-state index contributed by atoms with van der Waals surface area (Å²) in [6, 6.07) is 0. The maximum Gasteiger partial charge on any atom is 0.160 e. The molecule has 0 bridgehead atoms. The van der Waals surface area contributed by atoms with Crippen LogP contribution < -0.4 is 0 Å². The number of nitrogens with zero attached hydrogens (tertiary/aromatic N) is 2. The van der Waals surface area contributed by atoms with E-state index in [1.165, 1.54) is 0 Å². The molecule has 1 rings (SSSR count). The van der Waals surface area contributed by atoms with Crippen molar-refractivity contribution in [1.82, 2.24) is 4.90 Å². The summed E-state index contributed by atoms with van der Waals surface area (Å²) in [5.74, 6) is 0.739. The largest absolute Gasteiger partial charge is 0.373 e. The van der Waals surface area contributed by atoms with Crippen molar-refractivity contribution in [1.29, 1.82) is 0 Å². The van der Waals surface area contributed by atoms with Crippen molar-refractivity contribution in [2.24, 2.45) is 4.99 Å². The minimum atomic E-state index is -0.339. The number of amidine groups is 1. The summed E-state index contributed by atoms with van der Waals surface area (Å²) in [6.45, 7) is 0. The van der Waals surface area contributed by atoms with Gasteiger partial charge in [0, 0.05) is 19.8 Å². The Bertz CT molecular complexity index is 142. The summed E-state index contributed by atoms with van der Waals surface area (Å²) in [6.07, 6.45) is -0.339. The molecule has 0 spiro atoms. The molecule has 1 atom stereocenters. The van der Waals surface area contributed by atoms with E-state index in [2.05, 4.69) is 4.99 Å². The van der Waals surface area contributed by atoms with Gasteiger partial charge in [0.05, 0.1) is 0 Å². The van der Waals surface area contributed by atoms with Crippen molar-refractivity contribution in [3.8, 4) is 0 Å². The van der Waals surface area contributed by atoms with Crippen LogP contribution in [0.5, 0.6) is 0 Å². The van der Waals surface area contributed by atoms with Crippen LogP contribution in [0.15, 0.2) is 4.99 Å². The Labute approximate surface area is 75.3 Å². The molecule has 60 valence electrons. The van der Waals surface area contributed by atoms with Crippen LogP contribution in [-0.4, -0.2) is 41.3 Å². The first kappa shape index (κ1) is 10.3. The highest BCUT2D eigenvalue weighted by Crippen LogP contribution is 2.19. The molecule has 0 radical (unpaired) electrons. The molecule has 1 N–H and O–H groups in total. The van der Waals surface area contributed by atoms with Gasteiger partial charge in [-0.3, -0.25) is 4.99 Å². The Kier molecular flexibility index (Phi) is 4.31. The third kappa shape index (κ3) is 1.87. The summed E-state index contributed by atoms with van der Waals surface area (Å²) in [7, 11) is 3.57. The number of aliphatic imine (C=N–C) groups is 1. The second-order valence-electron chi connectivity index (χ2n) is 1.91. The molecular formula is C5H11BrN2OS. The molecule has 1 aliphatic rings. The Balaban J connectivity index is 0.000000810. The van der Waals surface area contributed by atoms with E-state index in [9.17, 15) is 0 Å². The molecule has 1 saturated heterocycles. The minimum Gasteiger partial charge on any atom is -0.373 e. The number of halogens is 1. The summed E-state index contributed by atoms with van der Waals surface area (Å²) in [5.41, 5.74) is 0. The van der Waals surface area contributed by atoms with Crippen molar-refractivity contribution < 1.29 is 5.11 Å². The fourth-order valence-electron chi connectivity index (χ4n) is 0.712. The Hall–Kier alpha value is 0.260. The molecule has 5 heteroatoms. The second kappa shape index (κ2) is 4.20. The average Bonchev–Trinajstić information content (AvgIpc) is 2.15. The lowest BCUT2D eigenvalue weighted by Gasteiger charge is -2.13. The quantitative estimate of drug-likeness (QED) is 0.656. The molecule has 1 heterocycles. The van der Waals surface area contributed by atoms with Crippen molar-refractivity contribution in [3.63, 3.8) is 0 Å². The fraction of sp³-hybridized carbons (Fsp3) is 0.800. The van der Waals surface area contributed by atoms with Gasteiger partial charge >= 0.3 is 0 Å². The smallest absolute Gasteiger partial charge is 0.160 e. The van der Waals surface area contributed by atoms with Crippen LogP contribution in [0.2, 0.25) is 0 Å². The van der Waals surface area contributed by atoms with Gasteiger partial charge in [0.1, 0.15) is 6.23 Å². The molecule has 0 aromatic rings. The predicted octanol–water partition coefficient (Wildman–Crippen LogP) is 0.547. The third-order valence-electron chi connectivity index (χ3n) is 1.30. The first-order valence-electron chi connectivity index (χ1n) is 2.76. The maximum atomic E-state index is 9.12. The van der Waals surface area contributed by atoms with Gasteiger partial charge in [0.25, 0.3) is 0 Å². The van der Waals surface area contributed by atoms with Gasteiger partial charge in [-0.05, 0) is 0 Å². The first-order valence-corrected chi connectivity index (χ1v) is 3.74. The summed E-state index contributed by atoms with van der Waals surface area (Å²) in [5, 5.41) is 10.0. The lowest BCUT2D eigenvalue weighted by atomic mass is 10.6. The number of hydrogen-bond donors (Lipinski definition) is 1. The van der Waals surface area contributed by atoms with E-state index in [-0.39, 0.29) is 23.2 Å². The molecule has 1 fully saturated rings. The van der Waals surface area contributed by atoms with Crippen molar-refractivity contribution >= 4 is 33.9 Å². The highest BCUT2D eigenvalue weighted by molar-refractivity contribution is 8.93. The van der Waals surface area contributed by atoms with Gasteiger partial charge in [0.15, 0.2) is 5.17 Å². The SMILES string of the molecule is Br.CN=C1SCC(O)N1C. The van der Waals surface area contributed by atoms with Crippen LogP contribution in [-0.2, 0) is 0 Å². The molecule has 0 aromatic heterocycles. The maximum absolute atomic E-state index is 9.12. The summed E-state index contributed by atoms with van der Waals surface area (Å²) in [4.78, 5) is 5.73. The number of aliphatic hydroxyl groups is 1. The van der Waals surface area contributed by atoms with Crippen LogP contribution in [0.25, 0.3) is 0 Å². The molecule has 0 aliphatic carbocycles. The van der Waals surface area contributed by atoms with Gasteiger partial charge in [-0.1, -0.05) is 11.8 Å². The van der Waals surface area contributed by atoms with E-state index in [0.29, 0.717) is 0 Å². The summed E-state index contributed by atoms with van der Waals surface area (Å²) >= 11 is 1.58. The number of hydrogen-bond acceptors (Lipinski definition) is 3. The topological polar surface area (TPSA) is 35.8 Å². The molecule has 1 aliphatic heterocycles. The molecule has 1 unspecified atom stereocenters. The van der Waals surface area contributed by atoms with Crippen molar-refractivity contribution in [3.05, 3.63) is 0 Å². The van der Waals surface area contributed by atoms with Gasteiger partial charge in [0.2, 0.25) is 0 Å². The monoisotopic (exact) mass is 226 g/mol. The zero-order valence-corrected chi connectivity index (χ0v) is 8.47. The Morgan fingerprint density at radius 2 is 2.40 bits per heavy atom. The van der Waals surface area contributed by atoms with E-state index in [0.717, 1.165) is 10.9 Å². The Morgan fingerprint density at radius 3 is 2.60 bits per heavy atom. The van der Waals surface area contributed by atoms with Gasteiger partial charge < -0.3 is 10.0 Å². The number of aliphatic hydroxyl groups excluding tert-OH is 1. The van der Waals surface area contributed by atoms with Gasteiger partial charge in [-0.2, -0.15) is 0 Å². The van der Waals surface area contributed by atoms with Crippen molar-refractivity contribution in [2.45, 2.75) is 6.23 Å². The molecule has 0 amide bonds. The van der Waals surface area contributed by atoms with E-state index >= 15 is 0 Å². The van der Waals surface area contributed by atoms with Crippen LogP contribution in [0.1, 0.15) is 0 Å². The highest BCUT2D eigenvalue weighted by atomic mass is 79.9. The van der Waals surface area contributed by atoms with E-state index in [4.69, 9.17) is 5.11 Å². The lowest BCUT2D eigenvalue weighted by Crippen LogP contribution is -2.29. The molecule has 0 aromatic carbocycles. The average molecular weight is 227 g/mol. The van der Waals surface area contributed by atoms with Crippen LogP contribution in [0.3, 0.4) is 0 Å². The zero-order chi connectivity index (χ0) is 6.85. The van der Waals surface area contributed by atoms with Gasteiger partial charge in [-0.15, -0.1) is 17.0 Å². The van der Waals surface area contributed by atoms with Gasteiger partial charge in [-0.25, -0.2) is 0 Å². The van der Waals surface area contributed by atoms with E-state index in [1.807, 2.05) is 7.05 Å². The standard InChI is InChI=1S/C5H10N2OS.BrH/c1-6-5-7(2)4(8)3-9-5;/h4,8H,3H2,1-2H3;1H. The minimum absolute atomic E-state index is 0. The third-order valence-corrected chi connectivity index (χ3v) is 2.50. The van der Waals surface area contributed by atoms with E-state index in [1.54, 1.807) is 23.7 Å². The number of thioether (sulfide) groups is 1. The van der Waals surface area contributed by atoms with Crippen LogP contribution in [0, 0.1) is 0 Å². The van der Waals surface area contributed by atoms with E-state index < -0.39 is 0 Å². The number of rotatable bonds is 0. The predicted molar refractivity (Wildman–Crippen MR) is 49.9 cm³/mol. The first-order chi connectivity index (χ1) is 4.25. The summed E-state index contributed by atoms with van der Waals surface area (Å²) < 4.78 is 0. The van der Waals surface area contributed by atoms with Crippen LogP contribution in [0.4, 0.5) is 0 Å². The molecule has 0 saturated carbocycles. The Morgan fingerprint density at radius 1 is 1.80 bits per heavy atom. The lowest BCUT2D eigenvalue weighted by molar-refractivity contribution is 0.0997. The van der Waals surface area contributed by atoms with Crippen molar-refractivity contribution in [2.75, 3.05) is 19.8 Å². The van der Waals surface area contributed by atoms with Crippen LogP contribution >= 0.6 is 28.7 Å². The fourth-order valence-corrected chi connectivity index (χ4v) is 1.69. The highest BCUT2D eigenvalue weighted by Gasteiger charge is 2.23. The second-order valence-corrected chi connectivity index (χ2v) is 2.90. The molecular weight excluding hydrogens is 216 g/mol. The molecule has 3 nitrogen and oxygen atoms in total. The zero-order valence-electron chi connectivity index (χ0n) is 5.94.